The Morgan fingerprint density at radius 3 is 1.88 bits per heavy atom. The van der Waals surface area contributed by atoms with Crippen LogP contribution in [0.1, 0.15) is 17.3 Å². The summed E-state index contributed by atoms with van der Waals surface area (Å²) < 4.78 is 11.4. The van der Waals surface area contributed by atoms with E-state index < -0.39 is 0 Å². The van der Waals surface area contributed by atoms with Crippen molar-refractivity contribution in [1.82, 2.24) is 0 Å². The Hall–Kier alpha value is -2.54. The third kappa shape index (κ3) is 4.26. The number of benzene rings is 2. The Labute approximate surface area is 148 Å². The van der Waals surface area contributed by atoms with E-state index in [1.807, 2.05) is 0 Å². The Morgan fingerprint density at radius 2 is 1.42 bits per heavy atom. The molecule has 0 atom stereocenters. The standard InChI is InChI=1S/C17H17BrN2O4/c1-10(21)19-13-8-16(24-3)14(9-15(13)23-2)20-17(22)11-4-6-12(18)7-5-11/h4-9H,1-3H3,(H,19,21)(H,20,22). The highest BCUT2D eigenvalue weighted by atomic mass is 79.9. The van der Waals surface area contributed by atoms with E-state index in [2.05, 4.69) is 26.6 Å². The Kier molecular flexibility index (Phi) is 5.81. The summed E-state index contributed by atoms with van der Waals surface area (Å²) in [4.78, 5) is 23.6. The molecule has 0 aliphatic rings. The molecule has 24 heavy (non-hydrogen) atoms. The fourth-order valence-electron chi connectivity index (χ4n) is 2.08. The first kappa shape index (κ1) is 17.8. The number of hydrogen-bond acceptors (Lipinski definition) is 4. The first-order valence-electron chi connectivity index (χ1n) is 7.05. The molecule has 0 radical (unpaired) electrons. The lowest BCUT2D eigenvalue weighted by Crippen LogP contribution is -2.13. The van der Waals surface area contributed by atoms with Crippen LogP contribution in [0.2, 0.25) is 0 Å². The second-order valence-corrected chi connectivity index (χ2v) is 5.81. The minimum Gasteiger partial charge on any atom is -0.494 e. The van der Waals surface area contributed by atoms with Gasteiger partial charge in [-0.15, -0.1) is 0 Å². The number of halogens is 1. The van der Waals surface area contributed by atoms with Crippen LogP contribution in [0.15, 0.2) is 40.9 Å². The smallest absolute Gasteiger partial charge is 0.255 e. The van der Waals surface area contributed by atoms with Gasteiger partial charge < -0.3 is 20.1 Å². The van der Waals surface area contributed by atoms with Gasteiger partial charge in [-0.25, -0.2) is 0 Å². The SMILES string of the molecule is COc1cc(NC(=O)c2ccc(Br)cc2)c(OC)cc1NC(C)=O. The summed E-state index contributed by atoms with van der Waals surface area (Å²) in [7, 11) is 2.96. The summed E-state index contributed by atoms with van der Waals surface area (Å²) >= 11 is 3.33. The molecule has 0 saturated carbocycles. The summed E-state index contributed by atoms with van der Waals surface area (Å²) in [6.07, 6.45) is 0. The van der Waals surface area contributed by atoms with E-state index in [4.69, 9.17) is 9.47 Å². The van der Waals surface area contributed by atoms with Gasteiger partial charge in [0.25, 0.3) is 5.91 Å². The van der Waals surface area contributed by atoms with Crippen LogP contribution in [-0.2, 0) is 4.79 Å². The Balaban J connectivity index is 2.33. The molecule has 2 amide bonds. The quantitative estimate of drug-likeness (QED) is 0.813. The molecule has 0 aliphatic carbocycles. The highest BCUT2D eigenvalue weighted by Crippen LogP contribution is 2.36. The third-order valence-corrected chi connectivity index (χ3v) is 3.72. The van der Waals surface area contributed by atoms with E-state index in [0.29, 0.717) is 28.4 Å². The number of ether oxygens (including phenoxy) is 2. The third-order valence-electron chi connectivity index (χ3n) is 3.19. The van der Waals surface area contributed by atoms with E-state index in [-0.39, 0.29) is 11.8 Å². The fraction of sp³-hybridized carbons (Fsp3) is 0.176. The van der Waals surface area contributed by atoms with Gasteiger partial charge in [0.05, 0.1) is 25.6 Å². The van der Waals surface area contributed by atoms with Crippen molar-refractivity contribution >= 4 is 39.1 Å². The molecule has 0 unspecified atom stereocenters. The lowest BCUT2D eigenvalue weighted by molar-refractivity contribution is -0.114. The van der Waals surface area contributed by atoms with Crippen molar-refractivity contribution in [3.05, 3.63) is 46.4 Å². The van der Waals surface area contributed by atoms with Crippen LogP contribution in [-0.4, -0.2) is 26.0 Å². The topological polar surface area (TPSA) is 76.7 Å². The summed E-state index contributed by atoms with van der Waals surface area (Å²) in [6.45, 7) is 1.40. The van der Waals surface area contributed by atoms with Crippen LogP contribution in [0.5, 0.6) is 11.5 Å². The summed E-state index contributed by atoms with van der Waals surface area (Å²) in [5, 5.41) is 5.44. The van der Waals surface area contributed by atoms with Crippen molar-refractivity contribution < 1.29 is 19.1 Å². The lowest BCUT2D eigenvalue weighted by Gasteiger charge is -2.15. The molecule has 2 N–H and O–H groups in total. The van der Waals surface area contributed by atoms with Gasteiger partial charge in [0.1, 0.15) is 11.5 Å². The van der Waals surface area contributed by atoms with Crippen molar-refractivity contribution in [3.8, 4) is 11.5 Å². The molecule has 6 nitrogen and oxygen atoms in total. The van der Waals surface area contributed by atoms with Crippen molar-refractivity contribution in [2.24, 2.45) is 0 Å². The maximum Gasteiger partial charge on any atom is 0.255 e. The van der Waals surface area contributed by atoms with Gasteiger partial charge in [0.2, 0.25) is 5.91 Å². The molecular formula is C17H17BrN2O4. The average Bonchev–Trinajstić information content (AvgIpc) is 2.55. The molecule has 0 aliphatic heterocycles. The molecule has 2 rings (SSSR count). The summed E-state index contributed by atoms with van der Waals surface area (Å²) in [5.74, 6) is 0.305. The minimum atomic E-state index is -0.282. The monoisotopic (exact) mass is 392 g/mol. The maximum atomic E-state index is 12.4. The van der Waals surface area contributed by atoms with Crippen molar-refractivity contribution in [3.63, 3.8) is 0 Å². The molecule has 2 aromatic carbocycles. The van der Waals surface area contributed by atoms with Gasteiger partial charge >= 0.3 is 0 Å². The van der Waals surface area contributed by atoms with E-state index in [0.717, 1.165) is 4.47 Å². The molecule has 2 aromatic rings. The van der Waals surface area contributed by atoms with Crippen molar-refractivity contribution in [1.29, 1.82) is 0 Å². The molecule has 126 valence electrons. The molecular weight excluding hydrogens is 376 g/mol. The van der Waals surface area contributed by atoms with Gasteiger partial charge in [-0.05, 0) is 24.3 Å². The molecule has 0 spiro atoms. The minimum absolute atomic E-state index is 0.234. The van der Waals surface area contributed by atoms with Gasteiger partial charge in [-0.1, -0.05) is 15.9 Å². The second kappa shape index (κ2) is 7.83. The van der Waals surface area contributed by atoms with Crippen LogP contribution < -0.4 is 20.1 Å². The second-order valence-electron chi connectivity index (χ2n) is 4.89. The van der Waals surface area contributed by atoms with Crippen LogP contribution >= 0.6 is 15.9 Å². The van der Waals surface area contributed by atoms with Gasteiger partial charge in [-0.3, -0.25) is 9.59 Å². The average molecular weight is 393 g/mol. The first-order chi connectivity index (χ1) is 11.4. The summed E-state index contributed by atoms with van der Waals surface area (Å²) in [5.41, 5.74) is 1.41. The van der Waals surface area contributed by atoms with Gasteiger partial charge in [-0.2, -0.15) is 0 Å². The zero-order valence-electron chi connectivity index (χ0n) is 13.5. The van der Waals surface area contributed by atoms with E-state index >= 15 is 0 Å². The lowest BCUT2D eigenvalue weighted by atomic mass is 10.2. The Morgan fingerprint density at radius 1 is 0.917 bits per heavy atom. The van der Waals surface area contributed by atoms with Crippen molar-refractivity contribution in [2.45, 2.75) is 6.92 Å². The molecule has 0 saturated heterocycles. The van der Waals surface area contributed by atoms with Gasteiger partial charge in [0, 0.05) is 29.1 Å². The zero-order chi connectivity index (χ0) is 17.7. The number of carbonyl (C=O) groups is 2. The number of hydrogen-bond donors (Lipinski definition) is 2. The molecule has 0 aromatic heterocycles. The predicted octanol–water partition coefficient (Wildman–Crippen LogP) is 3.68. The van der Waals surface area contributed by atoms with Crippen LogP contribution in [0, 0.1) is 0 Å². The Bertz CT molecular complexity index is 760. The van der Waals surface area contributed by atoms with Crippen LogP contribution in [0.25, 0.3) is 0 Å². The summed E-state index contributed by atoms with van der Waals surface area (Å²) in [6, 6.07) is 10.2. The molecule has 0 fully saturated rings. The fourth-order valence-corrected chi connectivity index (χ4v) is 2.34. The van der Waals surface area contributed by atoms with Gasteiger partial charge in [0.15, 0.2) is 0 Å². The molecule has 7 heteroatoms. The molecule has 0 heterocycles. The van der Waals surface area contributed by atoms with E-state index in [9.17, 15) is 9.59 Å². The largest absolute Gasteiger partial charge is 0.494 e. The highest BCUT2D eigenvalue weighted by molar-refractivity contribution is 9.10. The first-order valence-corrected chi connectivity index (χ1v) is 7.84. The zero-order valence-corrected chi connectivity index (χ0v) is 15.1. The maximum absolute atomic E-state index is 12.4. The predicted molar refractivity (Wildman–Crippen MR) is 95.9 cm³/mol. The van der Waals surface area contributed by atoms with Crippen LogP contribution in [0.3, 0.4) is 0 Å². The van der Waals surface area contributed by atoms with E-state index in [1.54, 1.807) is 36.4 Å². The molecule has 0 bridgehead atoms. The number of carbonyl (C=O) groups excluding carboxylic acids is 2. The number of amides is 2. The number of rotatable bonds is 5. The van der Waals surface area contributed by atoms with Crippen LogP contribution in [0.4, 0.5) is 11.4 Å². The highest BCUT2D eigenvalue weighted by Gasteiger charge is 2.15. The van der Waals surface area contributed by atoms with Crippen molar-refractivity contribution in [2.75, 3.05) is 24.9 Å². The number of anilines is 2. The number of methoxy groups -OCH3 is 2. The normalized spacial score (nSPS) is 10.0. The number of nitrogens with one attached hydrogen (secondary N) is 2. The van der Waals surface area contributed by atoms with E-state index in [1.165, 1.54) is 21.1 Å².